The Morgan fingerprint density at radius 3 is 0.986 bits per heavy atom. The molecule has 2 heterocycles. The van der Waals surface area contributed by atoms with Crippen LogP contribution in [0.1, 0.15) is 0 Å². The van der Waals surface area contributed by atoms with Gasteiger partial charge in [-0.2, -0.15) is 0 Å². The molecule has 346 valence electrons. The van der Waals surface area contributed by atoms with Gasteiger partial charge in [-0.25, -0.2) is 0 Å². The molecule has 0 aromatic heterocycles. The number of para-hydroxylation sites is 4. The Balaban J connectivity index is 1.05. The molecule has 0 aliphatic carbocycles. The van der Waals surface area contributed by atoms with Crippen molar-refractivity contribution in [1.82, 2.24) is 0 Å². The number of hydrogen-bond acceptors (Lipinski definition) is 4. The topological polar surface area (TPSA) is 6.48 Å². The third kappa shape index (κ3) is 6.98. The molecule has 13 aromatic carbocycles. The van der Waals surface area contributed by atoms with Crippen molar-refractivity contribution in [2.45, 2.75) is 19.6 Å². The summed E-state index contributed by atoms with van der Waals surface area (Å²) >= 11 is 3.69. The van der Waals surface area contributed by atoms with Crippen molar-refractivity contribution in [3.05, 3.63) is 267 Å². The Labute approximate surface area is 438 Å². The van der Waals surface area contributed by atoms with Gasteiger partial charge in [0.05, 0.1) is 22.7 Å². The maximum Gasteiger partial charge on any atom is 0.0601 e. The number of anilines is 6. The smallest absolute Gasteiger partial charge is 0.0601 e. The Morgan fingerprint density at radius 1 is 0.230 bits per heavy atom. The van der Waals surface area contributed by atoms with Crippen molar-refractivity contribution < 1.29 is 0 Å². The molecule has 0 unspecified atom stereocenters. The molecule has 15 rings (SSSR count). The molecule has 0 saturated carbocycles. The number of benzene rings is 13. The maximum absolute atomic E-state index is 2.47. The molecule has 74 heavy (non-hydrogen) atoms. The third-order valence-electron chi connectivity index (χ3n) is 15.0. The highest BCUT2D eigenvalue weighted by atomic mass is 32.2. The molecule has 2 aliphatic rings. The van der Waals surface area contributed by atoms with Crippen LogP contribution in [-0.4, -0.2) is 0 Å². The van der Waals surface area contributed by atoms with Gasteiger partial charge in [-0.3, -0.25) is 0 Å². The molecule has 0 N–H and O–H groups in total. The van der Waals surface area contributed by atoms with Gasteiger partial charge in [-0.15, -0.1) is 0 Å². The minimum atomic E-state index is 1.12. The molecule has 4 heteroatoms. The highest BCUT2D eigenvalue weighted by Gasteiger charge is 2.28. The lowest BCUT2D eigenvalue weighted by Gasteiger charge is -2.34. The van der Waals surface area contributed by atoms with Gasteiger partial charge >= 0.3 is 0 Å². The number of fused-ring (bicyclic) bond motifs is 8. The summed E-state index contributed by atoms with van der Waals surface area (Å²) in [6, 6.07) is 99.1. The van der Waals surface area contributed by atoms with Crippen molar-refractivity contribution in [2.24, 2.45) is 0 Å². The minimum absolute atomic E-state index is 1.12. The SMILES string of the molecule is c1cc(-c2cccc3ccccc23)cc(-c2c3ccc(N4c5ccccc5Sc5ccccc54)cc3c(-c3cccc(-c4cccc5ccccc45)c3)c3ccc(N4c5ccccc5Sc5ccccc54)cc23)c1. The second kappa shape index (κ2) is 17.5. The zero-order chi connectivity index (χ0) is 48.7. The van der Waals surface area contributed by atoms with Crippen LogP contribution in [0.3, 0.4) is 0 Å². The van der Waals surface area contributed by atoms with Crippen LogP contribution < -0.4 is 9.80 Å². The van der Waals surface area contributed by atoms with E-state index in [0.29, 0.717) is 0 Å². The fraction of sp³-hybridized carbons (Fsp3) is 0. The molecule has 2 nitrogen and oxygen atoms in total. The number of nitrogens with zero attached hydrogens (tertiary/aromatic N) is 2. The van der Waals surface area contributed by atoms with Gasteiger partial charge in [0.2, 0.25) is 0 Å². The summed E-state index contributed by atoms with van der Waals surface area (Å²) in [5, 5.41) is 9.75. The van der Waals surface area contributed by atoms with Gasteiger partial charge in [-0.05, 0) is 173 Å². The van der Waals surface area contributed by atoms with E-state index in [4.69, 9.17) is 0 Å². The largest absolute Gasteiger partial charge is 0.308 e. The summed E-state index contributed by atoms with van der Waals surface area (Å²) in [5.74, 6) is 0. The number of hydrogen-bond donors (Lipinski definition) is 0. The summed E-state index contributed by atoms with van der Waals surface area (Å²) in [6.45, 7) is 0. The van der Waals surface area contributed by atoms with Gasteiger partial charge in [0.15, 0.2) is 0 Å². The zero-order valence-corrected chi connectivity index (χ0v) is 41.7. The Bertz CT molecular complexity index is 4040. The normalized spacial score (nSPS) is 12.7. The molecule has 13 aromatic rings. The molecule has 0 atom stereocenters. The van der Waals surface area contributed by atoms with Crippen LogP contribution in [0.25, 0.3) is 87.6 Å². The summed E-state index contributed by atoms with van der Waals surface area (Å²) in [4.78, 5) is 9.90. The fourth-order valence-corrected chi connectivity index (χ4v) is 13.8. The van der Waals surface area contributed by atoms with Gasteiger partial charge in [0.1, 0.15) is 0 Å². The lowest BCUT2D eigenvalue weighted by molar-refractivity contribution is 1.17. The van der Waals surface area contributed by atoms with Gasteiger partial charge < -0.3 is 9.80 Å². The first-order valence-corrected chi connectivity index (χ1v) is 26.9. The van der Waals surface area contributed by atoms with Crippen LogP contribution in [0.5, 0.6) is 0 Å². The molecule has 0 bridgehead atoms. The van der Waals surface area contributed by atoms with Crippen LogP contribution >= 0.6 is 23.5 Å². The van der Waals surface area contributed by atoms with E-state index < -0.39 is 0 Å². The quantitative estimate of drug-likeness (QED) is 0.153. The highest BCUT2D eigenvalue weighted by Crippen LogP contribution is 2.55. The Kier molecular flexibility index (Phi) is 10.1. The van der Waals surface area contributed by atoms with Crippen molar-refractivity contribution >= 4 is 101 Å². The molecule has 0 saturated heterocycles. The van der Waals surface area contributed by atoms with E-state index in [2.05, 4.69) is 277 Å². The first kappa shape index (κ1) is 42.8. The zero-order valence-electron chi connectivity index (χ0n) is 40.1. The molecule has 0 radical (unpaired) electrons. The second-order valence-electron chi connectivity index (χ2n) is 19.2. The van der Waals surface area contributed by atoms with E-state index in [1.54, 1.807) is 0 Å². The van der Waals surface area contributed by atoms with Gasteiger partial charge in [0, 0.05) is 31.0 Å². The number of rotatable bonds is 6. The van der Waals surface area contributed by atoms with E-state index in [1.807, 2.05) is 23.5 Å². The van der Waals surface area contributed by atoms with Crippen molar-refractivity contribution in [3.63, 3.8) is 0 Å². The summed E-state index contributed by atoms with van der Waals surface area (Å²) in [5.41, 5.74) is 16.6. The Morgan fingerprint density at radius 2 is 0.568 bits per heavy atom. The first-order chi connectivity index (χ1) is 36.7. The van der Waals surface area contributed by atoms with E-state index in [9.17, 15) is 0 Å². The molecular formula is C70H44N2S2. The first-order valence-electron chi connectivity index (χ1n) is 25.2. The molecule has 0 spiro atoms. The predicted octanol–water partition coefficient (Wildman–Crippen LogP) is 20.8. The third-order valence-corrected chi connectivity index (χ3v) is 17.2. The van der Waals surface area contributed by atoms with Crippen LogP contribution in [0, 0.1) is 0 Å². The fourth-order valence-electron chi connectivity index (χ4n) is 11.7. The molecular weight excluding hydrogens is 933 g/mol. The summed E-state index contributed by atoms with van der Waals surface area (Å²) < 4.78 is 0. The second-order valence-corrected chi connectivity index (χ2v) is 21.3. The minimum Gasteiger partial charge on any atom is -0.308 e. The van der Waals surface area contributed by atoms with Crippen LogP contribution in [0.2, 0.25) is 0 Å². The van der Waals surface area contributed by atoms with Crippen molar-refractivity contribution in [1.29, 1.82) is 0 Å². The maximum atomic E-state index is 2.47. The average molecular weight is 977 g/mol. The summed E-state index contributed by atoms with van der Waals surface area (Å²) in [7, 11) is 0. The average Bonchev–Trinajstić information content (AvgIpc) is 3.47. The lowest BCUT2D eigenvalue weighted by atomic mass is 9.84. The highest BCUT2D eigenvalue weighted by molar-refractivity contribution is 8.00. The van der Waals surface area contributed by atoms with Gasteiger partial charge in [-0.1, -0.05) is 206 Å². The lowest BCUT2D eigenvalue weighted by Crippen LogP contribution is -2.15. The standard InChI is InChI=1S/C70H44N2S2/c1-3-25-53-45(17-1)19-15-27-55(53)47-21-13-23-49(41-47)69-57-39-37-52(72-63-31-7-11-35-67(63)74-68-36-12-8-32-64(68)72)44-60(57)70(50-24-14-22-48(42-50)56-28-16-20-46-18-2-4-26-54(46)56)58-40-38-51(43-59(58)69)71-61-29-5-9-33-65(61)73-66-34-10-6-30-62(66)71/h1-44H. The summed E-state index contributed by atoms with van der Waals surface area (Å²) in [6.07, 6.45) is 0. The molecule has 2 aliphatic heterocycles. The molecule has 0 amide bonds. The van der Waals surface area contributed by atoms with Crippen LogP contribution in [-0.2, 0) is 0 Å². The van der Waals surface area contributed by atoms with Crippen molar-refractivity contribution in [3.8, 4) is 44.5 Å². The van der Waals surface area contributed by atoms with Gasteiger partial charge in [0.25, 0.3) is 0 Å². The van der Waals surface area contributed by atoms with Crippen LogP contribution in [0.4, 0.5) is 34.1 Å². The van der Waals surface area contributed by atoms with Crippen molar-refractivity contribution in [2.75, 3.05) is 9.80 Å². The van der Waals surface area contributed by atoms with Crippen LogP contribution in [0.15, 0.2) is 287 Å². The van der Waals surface area contributed by atoms with E-state index >= 15 is 0 Å². The molecule has 0 fully saturated rings. The van der Waals surface area contributed by atoms with E-state index in [0.717, 1.165) is 11.4 Å². The Hall–Kier alpha value is -8.80. The predicted molar refractivity (Wildman–Crippen MR) is 316 cm³/mol. The van der Waals surface area contributed by atoms with E-state index in [-0.39, 0.29) is 0 Å². The van der Waals surface area contributed by atoms with E-state index in [1.165, 1.54) is 130 Å². The monoisotopic (exact) mass is 976 g/mol.